The summed E-state index contributed by atoms with van der Waals surface area (Å²) >= 11 is 1.56. The molecule has 0 saturated carbocycles. The van der Waals surface area contributed by atoms with Gasteiger partial charge in [0.15, 0.2) is 5.16 Å². The Bertz CT molecular complexity index is 1170. The van der Waals surface area contributed by atoms with E-state index in [0.717, 1.165) is 35.2 Å². The van der Waals surface area contributed by atoms with Crippen LogP contribution in [0.5, 0.6) is 0 Å². The predicted octanol–water partition coefficient (Wildman–Crippen LogP) is 3.50. The summed E-state index contributed by atoms with van der Waals surface area (Å²) in [6.07, 6.45) is 2.51. The Morgan fingerprint density at radius 1 is 1.07 bits per heavy atom. The van der Waals surface area contributed by atoms with E-state index >= 15 is 0 Å². The van der Waals surface area contributed by atoms with E-state index in [1.54, 1.807) is 28.4 Å². The molecule has 0 aliphatic carbocycles. The SMILES string of the molecule is CCn1c(Cc2ccccc2)nnc1SCc1cc(=O)n2ccc(C)cc2n1. The molecule has 0 radical (unpaired) electrons. The average molecular weight is 392 g/mol. The smallest absolute Gasteiger partial charge is 0.258 e. The Hall–Kier alpha value is -2.93. The van der Waals surface area contributed by atoms with Crippen molar-refractivity contribution >= 4 is 17.4 Å². The Morgan fingerprint density at radius 2 is 1.89 bits per heavy atom. The van der Waals surface area contributed by atoms with E-state index in [-0.39, 0.29) is 5.56 Å². The Morgan fingerprint density at radius 3 is 2.68 bits per heavy atom. The highest BCUT2D eigenvalue weighted by molar-refractivity contribution is 7.98. The second-order valence-corrected chi connectivity index (χ2v) is 7.55. The van der Waals surface area contributed by atoms with Crippen molar-refractivity contribution in [2.75, 3.05) is 0 Å². The average Bonchev–Trinajstić information content (AvgIpc) is 3.08. The normalized spacial score (nSPS) is 11.2. The van der Waals surface area contributed by atoms with Crippen LogP contribution in [-0.2, 0) is 18.7 Å². The van der Waals surface area contributed by atoms with Crippen molar-refractivity contribution < 1.29 is 0 Å². The van der Waals surface area contributed by atoms with Crippen molar-refractivity contribution in [1.82, 2.24) is 24.1 Å². The fourth-order valence-corrected chi connectivity index (χ4v) is 4.03. The van der Waals surface area contributed by atoms with Crippen LogP contribution in [0.1, 0.15) is 29.6 Å². The fourth-order valence-electron chi connectivity index (χ4n) is 3.12. The van der Waals surface area contributed by atoms with Gasteiger partial charge in [-0.05, 0) is 37.1 Å². The van der Waals surface area contributed by atoms with Crippen LogP contribution in [0.25, 0.3) is 5.65 Å². The van der Waals surface area contributed by atoms with Crippen molar-refractivity contribution in [2.24, 2.45) is 0 Å². The summed E-state index contributed by atoms with van der Waals surface area (Å²) < 4.78 is 3.68. The van der Waals surface area contributed by atoms with E-state index in [0.29, 0.717) is 11.4 Å². The molecule has 0 bridgehead atoms. The molecule has 142 valence electrons. The van der Waals surface area contributed by atoms with E-state index in [2.05, 4.69) is 38.8 Å². The molecule has 6 nitrogen and oxygen atoms in total. The minimum Gasteiger partial charge on any atom is -0.306 e. The van der Waals surface area contributed by atoms with Gasteiger partial charge in [0.1, 0.15) is 11.5 Å². The number of aromatic nitrogens is 5. The first-order chi connectivity index (χ1) is 13.6. The van der Waals surface area contributed by atoms with Crippen molar-refractivity contribution in [3.05, 3.63) is 87.7 Å². The first-order valence-corrected chi connectivity index (χ1v) is 10.2. The summed E-state index contributed by atoms with van der Waals surface area (Å²) in [4.78, 5) is 17.0. The molecule has 0 aliphatic rings. The molecule has 7 heteroatoms. The second kappa shape index (κ2) is 7.98. The van der Waals surface area contributed by atoms with E-state index in [1.165, 1.54) is 5.56 Å². The van der Waals surface area contributed by atoms with Crippen molar-refractivity contribution in [3.63, 3.8) is 0 Å². The topological polar surface area (TPSA) is 65.1 Å². The zero-order valence-electron chi connectivity index (χ0n) is 15.9. The molecule has 0 spiro atoms. The van der Waals surface area contributed by atoms with Crippen LogP contribution in [0.2, 0.25) is 0 Å². The number of nitrogens with zero attached hydrogens (tertiary/aromatic N) is 5. The maximum Gasteiger partial charge on any atom is 0.258 e. The molecule has 0 amide bonds. The van der Waals surface area contributed by atoms with Gasteiger partial charge >= 0.3 is 0 Å². The molecule has 28 heavy (non-hydrogen) atoms. The molecule has 0 saturated heterocycles. The van der Waals surface area contributed by atoms with E-state index in [9.17, 15) is 4.79 Å². The van der Waals surface area contributed by atoms with Crippen LogP contribution >= 0.6 is 11.8 Å². The van der Waals surface area contributed by atoms with Gasteiger partial charge in [0.2, 0.25) is 0 Å². The van der Waals surface area contributed by atoms with Gasteiger partial charge in [-0.2, -0.15) is 0 Å². The number of thioether (sulfide) groups is 1. The third-order valence-corrected chi connectivity index (χ3v) is 5.54. The molecule has 3 heterocycles. The lowest BCUT2D eigenvalue weighted by molar-refractivity contribution is 0.651. The molecular weight excluding hydrogens is 370 g/mol. The van der Waals surface area contributed by atoms with E-state index in [1.807, 2.05) is 37.3 Å². The zero-order valence-corrected chi connectivity index (χ0v) is 16.7. The third-order valence-electron chi connectivity index (χ3n) is 4.54. The number of hydrogen-bond acceptors (Lipinski definition) is 5. The monoisotopic (exact) mass is 391 g/mol. The number of benzene rings is 1. The fraction of sp³-hybridized carbons (Fsp3) is 0.238. The Labute approximate surface area is 167 Å². The van der Waals surface area contributed by atoms with Gasteiger partial charge in [0.05, 0.1) is 5.69 Å². The number of hydrogen-bond donors (Lipinski definition) is 0. The van der Waals surface area contributed by atoms with E-state index in [4.69, 9.17) is 0 Å². The van der Waals surface area contributed by atoms with Crippen molar-refractivity contribution in [3.8, 4) is 0 Å². The van der Waals surface area contributed by atoms with Gasteiger partial charge < -0.3 is 4.57 Å². The predicted molar refractivity (Wildman–Crippen MR) is 111 cm³/mol. The summed E-state index contributed by atoms with van der Waals surface area (Å²) in [6, 6.07) is 15.7. The molecule has 0 unspecified atom stereocenters. The van der Waals surface area contributed by atoms with Gasteiger partial charge in [-0.25, -0.2) is 4.98 Å². The number of fused-ring (bicyclic) bond motifs is 1. The lowest BCUT2D eigenvalue weighted by atomic mass is 10.1. The molecule has 0 fully saturated rings. The van der Waals surface area contributed by atoms with Crippen molar-refractivity contribution in [1.29, 1.82) is 0 Å². The number of pyridine rings is 1. The molecule has 4 rings (SSSR count). The van der Waals surface area contributed by atoms with Crippen LogP contribution in [0.3, 0.4) is 0 Å². The second-order valence-electron chi connectivity index (χ2n) is 6.61. The maximum atomic E-state index is 12.3. The summed E-state index contributed by atoms with van der Waals surface area (Å²) in [5, 5.41) is 9.59. The van der Waals surface area contributed by atoms with E-state index < -0.39 is 0 Å². The molecule has 3 aromatic heterocycles. The first-order valence-electron chi connectivity index (χ1n) is 9.22. The molecule has 1 aromatic carbocycles. The van der Waals surface area contributed by atoms with Crippen LogP contribution in [0, 0.1) is 6.92 Å². The highest BCUT2D eigenvalue weighted by Crippen LogP contribution is 2.22. The Kier molecular flexibility index (Phi) is 5.25. The highest BCUT2D eigenvalue weighted by atomic mass is 32.2. The lowest BCUT2D eigenvalue weighted by Crippen LogP contribution is -2.15. The number of aryl methyl sites for hydroxylation is 1. The lowest BCUT2D eigenvalue weighted by Gasteiger charge is -2.08. The Balaban J connectivity index is 1.55. The number of rotatable bonds is 6. The molecule has 0 aliphatic heterocycles. The van der Waals surface area contributed by atoms with Gasteiger partial charge in [-0.1, -0.05) is 42.1 Å². The molecule has 0 atom stereocenters. The van der Waals surface area contributed by atoms with Gasteiger partial charge in [-0.3, -0.25) is 9.20 Å². The van der Waals surface area contributed by atoms with Crippen LogP contribution in [0.4, 0.5) is 0 Å². The van der Waals surface area contributed by atoms with Gasteiger partial charge in [0.25, 0.3) is 5.56 Å². The molecule has 0 N–H and O–H groups in total. The first kappa shape index (κ1) is 18.4. The van der Waals surface area contributed by atoms with Crippen LogP contribution in [0.15, 0.2) is 64.7 Å². The largest absolute Gasteiger partial charge is 0.306 e. The molecule has 4 aromatic rings. The summed E-state index contributed by atoms with van der Waals surface area (Å²) in [6.45, 7) is 4.88. The maximum absolute atomic E-state index is 12.3. The quantitative estimate of drug-likeness (QED) is 0.471. The van der Waals surface area contributed by atoms with Crippen LogP contribution in [-0.4, -0.2) is 24.1 Å². The molecular formula is C21H21N5OS. The summed E-state index contributed by atoms with van der Waals surface area (Å²) in [5.74, 6) is 1.52. The van der Waals surface area contributed by atoms with Crippen molar-refractivity contribution in [2.45, 2.75) is 37.7 Å². The van der Waals surface area contributed by atoms with Gasteiger partial charge in [-0.15, -0.1) is 10.2 Å². The van der Waals surface area contributed by atoms with Gasteiger partial charge in [0, 0.05) is 31.0 Å². The third kappa shape index (κ3) is 3.84. The summed E-state index contributed by atoms with van der Waals surface area (Å²) in [5.41, 5.74) is 3.64. The van der Waals surface area contributed by atoms with Crippen LogP contribution < -0.4 is 5.56 Å². The summed E-state index contributed by atoms with van der Waals surface area (Å²) in [7, 11) is 0. The zero-order chi connectivity index (χ0) is 19.5. The highest BCUT2D eigenvalue weighted by Gasteiger charge is 2.13. The standard InChI is InChI=1S/C21H21N5OS/c1-3-25-19(12-16-7-5-4-6-8-16)23-24-21(25)28-14-17-13-20(27)26-10-9-15(2)11-18(26)22-17/h4-11,13H,3,12,14H2,1-2H3. The minimum atomic E-state index is -0.0673. The minimum absolute atomic E-state index is 0.0673.